The van der Waals surface area contributed by atoms with Crippen LogP contribution in [0.2, 0.25) is 0 Å². The molecular formula is C9H6FNO3. The summed E-state index contributed by atoms with van der Waals surface area (Å²) in [5, 5.41) is 17.2. The van der Waals surface area contributed by atoms with Crippen molar-refractivity contribution in [3.8, 4) is 11.8 Å². The summed E-state index contributed by atoms with van der Waals surface area (Å²) in [7, 11) is 1.30. The zero-order valence-electron chi connectivity index (χ0n) is 7.24. The zero-order valence-corrected chi connectivity index (χ0v) is 7.24. The van der Waals surface area contributed by atoms with Crippen molar-refractivity contribution >= 4 is 5.97 Å². The van der Waals surface area contributed by atoms with Gasteiger partial charge in [-0.25, -0.2) is 9.18 Å². The highest BCUT2D eigenvalue weighted by molar-refractivity contribution is 5.91. The lowest BCUT2D eigenvalue weighted by Gasteiger charge is -2.03. The molecule has 1 N–H and O–H groups in total. The van der Waals surface area contributed by atoms with Gasteiger partial charge in [0.05, 0.1) is 12.7 Å². The van der Waals surface area contributed by atoms with Gasteiger partial charge in [-0.3, -0.25) is 0 Å². The van der Waals surface area contributed by atoms with Crippen LogP contribution in [-0.2, 0) is 0 Å². The van der Waals surface area contributed by atoms with Crippen LogP contribution in [0.15, 0.2) is 12.1 Å². The molecule has 14 heavy (non-hydrogen) atoms. The second kappa shape index (κ2) is 3.75. The number of methoxy groups -OCH3 is 1. The van der Waals surface area contributed by atoms with Gasteiger partial charge in [0.1, 0.15) is 23.2 Å². The Balaban J connectivity index is 3.44. The summed E-state index contributed by atoms with van der Waals surface area (Å²) in [6, 6.07) is 3.69. The second-order valence-corrected chi connectivity index (χ2v) is 2.45. The van der Waals surface area contributed by atoms with Crippen molar-refractivity contribution in [3.05, 3.63) is 29.1 Å². The molecule has 0 fully saturated rings. The molecule has 5 heteroatoms. The summed E-state index contributed by atoms with van der Waals surface area (Å²) in [5.41, 5.74) is -0.886. The third kappa shape index (κ3) is 1.64. The molecule has 0 amide bonds. The minimum Gasteiger partial charge on any atom is -0.497 e. The molecular weight excluding hydrogens is 189 g/mol. The number of nitriles is 1. The van der Waals surface area contributed by atoms with E-state index in [0.29, 0.717) is 0 Å². The van der Waals surface area contributed by atoms with Gasteiger partial charge in [-0.15, -0.1) is 0 Å². The normalized spacial score (nSPS) is 9.21. The number of carbonyl (C=O) groups is 1. The molecule has 0 heterocycles. The molecule has 1 aromatic rings. The van der Waals surface area contributed by atoms with Crippen molar-refractivity contribution in [1.82, 2.24) is 0 Å². The fourth-order valence-corrected chi connectivity index (χ4v) is 1.01. The molecule has 72 valence electrons. The minimum atomic E-state index is -1.47. The molecule has 0 atom stereocenters. The fraction of sp³-hybridized carbons (Fsp3) is 0.111. The van der Waals surface area contributed by atoms with E-state index in [4.69, 9.17) is 10.4 Å². The van der Waals surface area contributed by atoms with E-state index >= 15 is 0 Å². The molecule has 0 bridgehead atoms. The van der Waals surface area contributed by atoms with Gasteiger partial charge >= 0.3 is 5.97 Å². The smallest absolute Gasteiger partial charge is 0.340 e. The molecule has 0 radical (unpaired) electrons. The number of nitrogens with zero attached hydrogens (tertiary/aromatic N) is 1. The molecule has 0 aliphatic heterocycles. The van der Waals surface area contributed by atoms with E-state index in [0.717, 1.165) is 6.07 Å². The van der Waals surface area contributed by atoms with Crippen LogP contribution < -0.4 is 4.74 Å². The molecule has 0 saturated carbocycles. The molecule has 0 saturated heterocycles. The van der Waals surface area contributed by atoms with E-state index in [1.54, 1.807) is 6.07 Å². The Hall–Kier alpha value is -2.09. The van der Waals surface area contributed by atoms with Gasteiger partial charge in [0.25, 0.3) is 0 Å². The van der Waals surface area contributed by atoms with E-state index in [2.05, 4.69) is 4.74 Å². The maximum atomic E-state index is 13.1. The molecule has 0 aliphatic rings. The van der Waals surface area contributed by atoms with Gasteiger partial charge in [0, 0.05) is 6.07 Å². The van der Waals surface area contributed by atoms with Crippen molar-refractivity contribution < 1.29 is 19.0 Å². The Kier molecular flexibility index (Phi) is 2.67. The number of carboxylic acid groups (broad SMARTS) is 1. The van der Waals surface area contributed by atoms with Crippen LogP contribution in [0.5, 0.6) is 5.75 Å². The first-order valence-electron chi connectivity index (χ1n) is 3.61. The Morgan fingerprint density at radius 1 is 1.64 bits per heavy atom. The molecule has 1 aromatic carbocycles. The third-order valence-electron chi connectivity index (χ3n) is 1.63. The summed E-state index contributed by atoms with van der Waals surface area (Å²) in [6.07, 6.45) is 0. The second-order valence-electron chi connectivity index (χ2n) is 2.45. The summed E-state index contributed by atoms with van der Waals surface area (Å²) in [6.45, 7) is 0. The summed E-state index contributed by atoms with van der Waals surface area (Å²) < 4.78 is 17.8. The minimum absolute atomic E-state index is 0.115. The quantitative estimate of drug-likeness (QED) is 0.774. The maximum absolute atomic E-state index is 13.1. The zero-order chi connectivity index (χ0) is 10.7. The first-order valence-corrected chi connectivity index (χ1v) is 3.61. The average Bonchev–Trinajstić information content (AvgIpc) is 2.15. The van der Waals surface area contributed by atoms with Crippen LogP contribution in [0, 0.1) is 17.1 Å². The van der Waals surface area contributed by atoms with Gasteiger partial charge in [-0.05, 0) is 6.07 Å². The van der Waals surface area contributed by atoms with E-state index in [-0.39, 0.29) is 11.3 Å². The third-order valence-corrected chi connectivity index (χ3v) is 1.63. The van der Waals surface area contributed by atoms with Crippen molar-refractivity contribution in [3.63, 3.8) is 0 Å². The Morgan fingerprint density at radius 2 is 2.29 bits per heavy atom. The molecule has 0 spiro atoms. The first kappa shape index (κ1) is 9.99. The monoisotopic (exact) mass is 195 g/mol. The van der Waals surface area contributed by atoms with Crippen LogP contribution in [0.3, 0.4) is 0 Å². The maximum Gasteiger partial charge on any atom is 0.340 e. The summed E-state index contributed by atoms with van der Waals surface area (Å²) >= 11 is 0. The van der Waals surface area contributed by atoms with Crippen LogP contribution >= 0.6 is 0 Å². The number of benzene rings is 1. The lowest BCUT2D eigenvalue weighted by molar-refractivity contribution is 0.0691. The summed E-state index contributed by atoms with van der Waals surface area (Å²) in [5.74, 6) is -2.33. The van der Waals surface area contributed by atoms with Gasteiger partial charge in [-0.2, -0.15) is 5.26 Å². The number of hydrogen-bond donors (Lipinski definition) is 1. The van der Waals surface area contributed by atoms with E-state index < -0.39 is 17.3 Å². The average molecular weight is 195 g/mol. The highest BCUT2D eigenvalue weighted by Crippen LogP contribution is 2.20. The van der Waals surface area contributed by atoms with Crippen LogP contribution in [-0.4, -0.2) is 18.2 Å². The van der Waals surface area contributed by atoms with Gasteiger partial charge < -0.3 is 9.84 Å². The SMILES string of the molecule is COc1cc(F)c(C(=O)O)c(C#N)c1. The number of rotatable bonds is 2. The van der Waals surface area contributed by atoms with Crippen LogP contribution in [0.1, 0.15) is 15.9 Å². The summed E-state index contributed by atoms with van der Waals surface area (Å²) in [4.78, 5) is 10.6. The molecule has 0 aromatic heterocycles. The van der Waals surface area contributed by atoms with Gasteiger partial charge in [0.15, 0.2) is 0 Å². The van der Waals surface area contributed by atoms with Crippen molar-refractivity contribution in [2.75, 3.05) is 7.11 Å². The van der Waals surface area contributed by atoms with Crippen molar-refractivity contribution in [1.29, 1.82) is 5.26 Å². The Bertz CT molecular complexity index is 423. The van der Waals surface area contributed by atoms with E-state index in [1.807, 2.05) is 0 Å². The lowest BCUT2D eigenvalue weighted by atomic mass is 10.1. The first-order chi connectivity index (χ1) is 6.60. The number of ether oxygens (including phenoxy) is 1. The largest absolute Gasteiger partial charge is 0.497 e. The molecule has 0 aliphatic carbocycles. The molecule has 1 rings (SSSR count). The molecule has 0 unspecified atom stereocenters. The predicted octanol–water partition coefficient (Wildman–Crippen LogP) is 1.40. The lowest BCUT2D eigenvalue weighted by Crippen LogP contribution is -2.04. The Labute approximate surface area is 79.2 Å². The number of hydrogen-bond acceptors (Lipinski definition) is 3. The topological polar surface area (TPSA) is 70.3 Å². The highest BCUT2D eigenvalue weighted by Gasteiger charge is 2.17. The molecule has 4 nitrogen and oxygen atoms in total. The van der Waals surface area contributed by atoms with E-state index in [9.17, 15) is 9.18 Å². The number of carboxylic acids is 1. The number of aromatic carboxylic acids is 1. The van der Waals surface area contributed by atoms with Crippen LogP contribution in [0.4, 0.5) is 4.39 Å². The number of halogens is 1. The fourth-order valence-electron chi connectivity index (χ4n) is 1.01. The highest BCUT2D eigenvalue weighted by atomic mass is 19.1. The van der Waals surface area contributed by atoms with Gasteiger partial charge in [-0.1, -0.05) is 0 Å². The Morgan fingerprint density at radius 3 is 2.71 bits per heavy atom. The standard InChI is InChI=1S/C9H6FNO3/c1-14-6-2-5(4-11)8(9(12)13)7(10)3-6/h2-3H,1H3,(H,12,13). The predicted molar refractivity (Wildman–Crippen MR) is 44.6 cm³/mol. The van der Waals surface area contributed by atoms with Crippen molar-refractivity contribution in [2.24, 2.45) is 0 Å². The van der Waals surface area contributed by atoms with E-state index in [1.165, 1.54) is 13.2 Å². The van der Waals surface area contributed by atoms with Crippen molar-refractivity contribution in [2.45, 2.75) is 0 Å². The van der Waals surface area contributed by atoms with Gasteiger partial charge in [0.2, 0.25) is 0 Å². The van der Waals surface area contributed by atoms with Crippen LogP contribution in [0.25, 0.3) is 0 Å².